The first-order chi connectivity index (χ1) is 9.20. The maximum absolute atomic E-state index is 9.03. The standard InChI is InChI=1S/C15H15BrN2S/c1-18(10-12-9-15(16)19-11-12)14(7-8-17)13-5-3-2-4-6-13/h2-6,9,11,14H,7,10H2,1H3. The van der Waals surface area contributed by atoms with Crippen molar-refractivity contribution in [3.05, 3.63) is 56.7 Å². The third-order valence-electron chi connectivity index (χ3n) is 3.05. The van der Waals surface area contributed by atoms with Crippen molar-refractivity contribution in [2.45, 2.75) is 19.0 Å². The van der Waals surface area contributed by atoms with E-state index in [0.29, 0.717) is 6.42 Å². The highest BCUT2D eigenvalue weighted by Gasteiger charge is 2.17. The molecule has 98 valence electrons. The van der Waals surface area contributed by atoms with Crippen LogP contribution in [0.5, 0.6) is 0 Å². The average molecular weight is 335 g/mol. The van der Waals surface area contributed by atoms with Crippen LogP contribution in [-0.2, 0) is 6.54 Å². The van der Waals surface area contributed by atoms with Crippen molar-refractivity contribution in [3.63, 3.8) is 0 Å². The molecule has 0 bridgehead atoms. The van der Waals surface area contributed by atoms with Gasteiger partial charge in [-0.3, -0.25) is 4.90 Å². The number of nitriles is 1. The second kappa shape index (κ2) is 6.85. The van der Waals surface area contributed by atoms with E-state index in [0.717, 1.165) is 10.3 Å². The van der Waals surface area contributed by atoms with Crippen LogP contribution in [0.3, 0.4) is 0 Å². The summed E-state index contributed by atoms with van der Waals surface area (Å²) in [5.41, 5.74) is 2.47. The number of nitrogens with zero attached hydrogens (tertiary/aromatic N) is 2. The molecule has 4 heteroatoms. The third-order valence-corrected chi connectivity index (χ3v) is 4.61. The van der Waals surface area contributed by atoms with Gasteiger partial charge in [-0.15, -0.1) is 11.3 Å². The summed E-state index contributed by atoms with van der Waals surface area (Å²) in [5.74, 6) is 0. The van der Waals surface area contributed by atoms with Gasteiger partial charge in [-0.05, 0) is 45.6 Å². The number of hydrogen-bond acceptors (Lipinski definition) is 3. The fourth-order valence-electron chi connectivity index (χ4n) is 2.12. The van der Waals surface area contributed by atoms with Crippen LogP contribution in [-0.4, -0.2) is 11.9 Å². The number of rotatable bonds is 5. The predicted molar refractivity (Wildman–Crippen MR) is 82.9 cm³/mol. The monoisotopic (exact) mass is 334 g/mol. The van der Waals surface area contributed by atoms with Gasteiger partial charge in [-0.25, -0.2) is 0 Å². The van der Waals surface area contributed by atoms with Gasteiger partial charge in [-0.1, -0.05) is 30.3 Å². The lowest BCUT2D eigenvalue weighted by Crippen LogP contribution is -2.23. The van der Waals surface area contributed by atoms with E-state index in [4.69, 9.17) is 5.26 Å². The van der Waals surface area contributed by atoms with Crippen molar-refractivity contribution in [2.24, 2.45) is 0 Å². The molecule has 1 heterocycles. The molecule has 0 aliphatic carbocycles. The van der Waals surface area contributed by atoms with Gasteiger partial charge >= 0.3 is 0 Å². The predicted octanol–water partition coefficient (Wildman–Crippen LogP) is 4.60. The van der Waals surface area contributed by atoms with Gasteiger partial charge in [0.25, 0.3) is 0 Å². The molecule has 2 rings (SSSR count). The smallest absolute Gasteiger partial charge is 0.0701 e. The normalized spacial score (nSPS) is 12.3. The lowest BCUT2D eigenvalue weighted by molar-refractivity contribution is 0.239. The molecule has 2 aromatic rings. The molecular weight excluding hydrogens is 320 g/mol. The highest BCUT2D eigenvalue weighted by Crippen LogP contribution is 2.27. The minimum absolute atomic E-state index is 0.143. The van der Waals surface area contributed by atoms with Crippen LogP contribution in [0, 0.1) is 11.3 Å². The van der Waals surface area contributed by atoms with Gasteiger partial charge in [0.1, 0.15) is 0 Å². The molecule has 1 aromatic heterocycles. The molecule has 0 amide bonds. The molecule has 0 saturated heterocycles. The lowest BCUT2D eigenvalue weighted by atomic mass is 10.0. The fraction of sp³-hybridized carbons (Fsp3) is 0.267. The van der Waals surface area contributed by atoms with E-state index < -0.39 is 0 Å². The molecule has 0 N–H and O–H groups in total. The minimum atomic E-state index is 0.143. The molecule has 0 radical (unpaired) electrons. The van der Waals surface area contributed by atoms with Crippen LogP contribution in [0.4, 0.5) is 0 Å². The summed E-state index contributed by atoms with van der Waals surface area (Å²) < 4.78 is 1.15. The maximum Gasteiger partial charge on any atom is 0.0701 e. The topological polar surface area (TPSA) is 27.0 Å². The molecule has 0 aliphatic rings. The number of thiophene rings is 1. The summed E-state index contributed by atoms with van der Waals surface area (Å²) in [6, 6.07) is 14.8. The summed E-state index contributed by atoms with van der Waals surface area (Å²) in [4.78, 5) is 2.23. The molecule has 0 saturated carbocycles. The summed E-state index contributed by atoms with van der Waals surface area (Å²) in [5, 5.41) is 11.2. The van der Waals surface area contributed by atoms with Gasteiger partial charge in [0.05, 0.1) is 16.3 Å². The van der Waals surface area contributed by atoms with Crippen LogP contribution >= 0.6 is 27.3 Å². The average Bonchev–Trinajstić information content (AvgIpc) is 2.82. The summed E-state index contributed by atoms with van der Waals surface area (Å²) in [7, 11) is 2.07. The Hall–Kier alpha value is -1.15. The second-order valence-corrected chi connectivity index (χ2v) is 6.75. The van der Waals surface area contributed by atoms with Crippen LogP contribution in [0.2, 0.25) is 0 Å². The first-order valence-corrected chi connectivity index (χ1v) is 7.73. The molecule has 1 unspecified atom stereocenters. The van der Waals surface area contributed by atoms with Gasteiger partial charge in [0.15, 0.2) is 0 Å². The Morgan fingerprint density at radius 1 is 1.37 bits per heavy atom. The van der Waals surface area contributed by atoms with Crippen molar-refractivity contribution < 1.29 is 0 Å². The summed E-state index contributed by atoms with van der Waals surface area (Å²) in [6.07, 6.45) is 0.506. The highest BCUT2D eigenvalue weighted by molar-refractivity contribution is 9.11. The summed E-state index contributed by atoms with van der Waals surface area (Å²) >= 11 is 5.17. The Labute approximate surface area is 126 Å². The van der Waals surface area contributed by atoms with E-state index in [2.05, 4.69) is 57.5 Å². The van der Waals surface area contributed by atoms with Crippen molar-refractivity contribution >= 4 is 27.3 Å². The highest BCUT2D eigenvalue weighted by atomic mass is 79.9. The molecule has 1 aromatic carbocycles. The van der Waals surface area contributed by atoms with E-state index in [1.807, 2.05) is 18.2 Å². The van der Waals surface area contributed by atoms with Crippen molar-refractivity contribution in [2.75, 3.05) is 7.05 Å². The zero-order valence-electron chi connectivity index (χ0n) is 10.7. The van der Waals surface area contributed by atoms with E-state index in [9.17, 15) is 0 Å². The molecule has 0 fully saturated rings. The summed E-state index contributed by atoms with van der Waals surface area (Å²) in [6.45, 7) is 0.851. The van der Waals surface area contributed by atoms with Gasteiger partial charge in [-0.2, -0.15) is 5.26 Å². The number of benzene rings is 1. The van der Waals surface area contributed by atoms with Crippen LogP contribution in [0.15, 0.2) is 45.6 Å². The van der Waals surface area contributed by atoms with Gasteiger partial charge < -0.3 is 0 Å². The maximum atomic E-state index is 9.03. The molecule has 19 heavy (non-hydrogen) atoms. The Bertz CT molecular complexity index is 559. The Morgan fingerprint density at radius 2 is 2.11 bits per heavy atom. The molecule has 0 aliphatic heterocycles. The first kappa shape index (κ1) is 14.3. The quantitative estimate of drug-likeness (QED) is 0.799. The van der Waals surface area contributed by atoms with E-state index in [1.54, 1.807) is 11.3 Å². The number of halogens is 1. The second-order valence-electron chi connectivity index (χ2n) is 4.46. The SMILES string of the molecule is CN(Cc1csc(Br)c1)C(CC#N)c1ccccc1. The molecule has 0 spiro atoms. The lowest BCUT2D eigenvalue weighted by Gasteiger charge is -2.26. The van der Waals surface area contributed by atoms with E-state index in [1.165, 1.54) is 11.1 Å². The van der Waals surface area contributed by atoms with Crippen LogP contribution in [0.1, 0.15) is 23.6 Å². The molecule has 2 nitrogen and oxygen atoms in total. The van der Waals surface area contributed by atoms with E-state index in [-0.39, 0.29) is 6.04 Å². The van der Waals surface area contributed by atoms with Crippen LogP contribution in [0.25, 0.3) is 0 Å². The van der Waals surface area contributed by atoms with E-state index >= 15 is 0 Å². The van der Waals surface area contributed by atoms with Crippen molar-refractivity contribution in [3.8, 4) is 6.07 Å². The fourth-order valence-corrected chi connectivity index (χ4v) is 3.32. The largest absolute Gasteiger partial charge is 0.294 e. The van der Waals surface area contributed by atoms with Gasteiger partial charge in [0.2, 0.25) is 0 Å². The van der Waals surface area contributed by atoms with Gasteiger partial charge in [0, 0.05) is 12.6 Å². The zero-order valence-corrected chi connectivity index (χ0v) is 13.1. The Kier molecular flexibility index (Phi) is 5.15. The Morgan fingerprint density at radius 3 is 2.68 bits per heavy atom. The van der Waals surface area contributed by atoms with Crippen LogP contribution < -0.4 is 0 Å². The molecular formula is C15H15BrN2S. The van der Waals surface area contributed by atoms with Crippen molar-refractivity contribution in [1.29, 1.82) is 5.26 Å². The first-order valence-electron chi connectivity index (χ1n) is 6.05. The Balaban J connectivity index is 2.13. The minimum Gasteiger partial charge on any atom is -0.294 e. The molecule has 1 atom stereocenters. The zero-order chi connectivity index (χ0) is 13.7. The third kappa shape index (κ3) is 3.90. The number of hydrogen-bond donors (Lipinski definition) is 0. The van der Waals surface area contributed by atoms with Crippen molar-refractivity contribution in [1.82, 2.24) is 4.90 Å².